The molecule has 1 aliphatic carbocycles. The second-order valence-corrected chi connectivity index (χ2v) is 7.91. The van der Waals surface area contributed by atoms with Gasteiger partial charge < -0.3 is 14.5 Å². The third-order valence-corrected chi connectivity index (χ3v) is 5.64. The molecule has 2 rings (SSSR count). The van der Waals surface area contributed by atoms with Crippen LogP contribution in [-0.4, -0.2) is 49.1 Å². The first-order chi connectivity index (χ1) is 12.5. The summed E-state index contributed by atoms with van der Waals surface area (Å²) in [6.45, 7) is 6.66. The van der Waals surface area contributed by atoms with Crippen LogP contribution in [0.5, 0.6) is 5.75 Å². The molecule has 26 heavy (non-hydrogen) atoms. The number of hydrogen-bond acceptors (Lipinski definition) is 3. The van der Waals surface area contributed by atoms with Gasteiger partial charge in [0.1, 0.15) is 5.75 Å². The van der Waals surface area contributed by atoms with Gasteiger partial charge in [0.25, 0.3) is 0 Å². The predicted octanol–water partition coefficient (Wildman–Crippen LogP) is 5.11. The molecule has 1 aromatic rings. The number of carbonyl (C=O) groups is 1. The minimum absolute atomic E-state index is 0.238. The lowest BCUT2D eigenvalue weighted by Crippen LogP contribution is -2.41. The highest BCUT2D eigenvalue weighted by molar-refractivity contribution is 5.70. The van der Waals surface area contributed by atoms with Gasteiger partial charge in [-0.15, -0.1) is 0 Å². The number of benzene rings is 1. The molecule has 4 nitrogen and oxygen atoms in total. The highest BCUT2D eigenvalue weighted by atomic mass is 16.6. The van der Waals surface area contributed by atoms with E-state index in [-0.39, 0.29) is 6.09 Å². The first-order valence-electron chi connectivity index (χ1n) is 10.2. The second kappa shape index (κ2) is 10.6. The number of nitrogens with zero attached hydrogens (tertiary/aromatic N) is 2. The predicted molar refractivity (Wildman–Crippen MR) is 108 cm³/mol. The Kier molecular flexibility index (Phi) is 8.43. The maximum atomic E-state index is 12.4. The van der Waals surface area contributed by atoms with Crippen molar-refractivity contribution in [3.05, 3.63) is 29.8 Å². The van der Waals surface area contributed by atoms with Crippen LogP contribution >= 0.6 is 0 Å². The molecule has 1 amide bonds. The summed E-state index contributed by atoms with van der Waals surface area (Å²) in [4.78, 5) is 16.6. The summed E-state index contributed by atoms with van der Waals surface area (Å²) in [6.07, 6.45) is 8.24. The van der Waals surface area contributed by atoms with E-state index in [9.17, 15) is 4.79 Å². The lowest BCUT2D eigenvalue weighted by atomic mass is 9.83. The zero-order valence-corrected chi connectivity index (χ0v) is 17.0. The van der Waals surface area contributed by atoms with Crippen LogP contribution in [0.15, 0.2) is 24.3 Å². The van der Waals surface area contributed by atoms with Crippen molar-refractivity contribution in [1.29, 1.82) is 0 Å². The quantitative estimate of drug-likeness (QED) is 0.646. The van der Waals surface area contributed by atoms with Crippen molar-refractivity contribution >= 4 is 6.09 Å². The highest BCUT2D eigenvalue weighted by Crippen LogP contribution is 2.30. The zero-order chi connectivity index (χ0) is 18.9. The number of carbonyl (C=O) groups excluding carboxylic acids is 1. The van der Waals surface area contributed by atoms with Crippen LogP contribution in [0.1, 0.15) is 57.4 Å². The van der Waals surface area contributed by atoms with E-state index in [1.54, 1.807) is 4.90 Å². The van der Waals surface area contributed by atoms with Crippen LogP contribution in [0.25, 0.3) is 0 Å². The van der Waals surface area contributed by atoms with E-state index < -0.39 is 0 Å². The Balaban J connectivity index is 1.69. The minimum Gasteiger partial charge on any atom is -0.410 e. The maximum Gasteiger partial charge on any atom is 0.415 e. The van der Waals surface area contributed by atoms with E-state index in [4.69, 9.17) is 4.74 Å². The Morgan fingerprint density at radius 3 is 2.35 bits per heavy atom. The van der Waals surface area contributed by atoms with Gasteiger partial charge in [0, 0.05) is 13.1 Å². The molecule has 1 aliphatic rings. The minimum atomic E-state index is -0.238. The van der Waals surface area contributed by atoms with Gasteiger partial charge in [-0.1, -0.05) is 24.6 Å². The molecule has 146 valence electrons. The van der Waals surface area contributed by atoms with Gasteiger partial charge in [-0.3, -0.25) is 0 Å². The SMILES string of the molecule is CCCN(C)CCCC1CCC(N(C)C(=O)Oc2ccc(C)cc2)CC1. The van der Waals surface area contributed by atoms with Gasteiger partial charge in [-0.25, -0.2) is 4.79 Å². The molecule has 0 spiro atoms. The zero-order valence-electron chi connectivity index (χ0n) is 17.0. The second-order valence-electron chi connectivity index (χ2n) is 7.91. The van der Waals surface area contributed by atoms with Crippen LogP contribution in [0.2, 0.25) is 0 Å². The first-order valence-corrected chi connectivity index (χ1v) is 10.2. The molecule has 1 saturated carbocycles. The van der Waals surface area contributed by atoms with E-state index in [1.165, 1.54) is 45.2 Å². The smallest absolute Gasteiger partial charge is 0.410 e. The summed E-state index contributed by atoms with van der Waals surface area (Å²) in [5.41, 5.74) is 1.16. The molecule has 1 aromatic carbocycles. The Morgan fingerprint density at radius 2 is 1.73 bits per heavy atom. The molecule has 0 unspecified atom stereocenters. The molecule has 0 radical (unpaired) electrons. The fourth-order valence-corrected chi connectivity index (χ4v) is 3.89. The van der Waals surface area contributed by atoms with Crippen LogP contribution < -0.4 is 4.74 Å². The molecule has 0 aromatic heterocycles. The maximum absolute atomic E-state index is 12.4. The molecule has 0 heterocycles. The molecule has 0 N–H and O–H groups in total. The van der Waals surface area contributed by atoms with E-state index in [0.717, 1.165) is 24.3 Å². The molecular weight excluding hydrogens is 324 g/mol. The topological polar surface area (TPSA) is 32.8 Å². The van der Waals surface area contributed by atoms with Crippen molar-refractivity contribution < 1.29 is 9.53 Å². The molecular formula is C22H36N2O2. The third kappa shape index (κ3) is 6.64. The number of amides is 1. The molecule has 0 atom stereocenters. The average Bonchev–Trinajstić information content (AvgIpc) is 2.64. The molecule has 4 heteroatoms. The van der Waals surface area contributed by atoms with Gasteiger partial charge in [0.15, 0.2) is 0 Å². The van der Waals surface area contributed by atoms with Gasteiger partial charge in [-0.2, -0.15) is 0 Å². The van der Waals surface area contributed by atoms with E-state index >= 15 is 0 Å². The van der Waals surface area contributed by atoms with Crippen molar-refractivity contribution in [3.8, 4) is 5.75 Å². The Labute approximate surface area is 159 Å². The van der Waals surface area contributed by atoms with Crippen molar-refractivity contribution in [2.24, 2.45) is 5.92 Å². The number of aryl methyl sites for hydroxylation is 1. The van der Waals surface area contributed by atoms with Crippen molar-refractivity contribution in [1.82, 2.24) is 9.80 Å². The van der Waals surface area contributed by atoms with Gasteiger partial charge in [0.2, 0.25) is 0 Å². The van der Waals surface area contributed by atoms with Crippen LogP contribution in [-0.2, 0) is 0 Å². The fraction of sp³-hybridized carbons (Fsp3) is 0.682. The fourth-order valence-electron chi connectivity index (χ4n) is 3.89. The normalized spacial score (nSPS) is 20.2. The van der Waals surface area contributed by atoms with Gasteiger partial charge >= 0.3 is 6.09 Å². The summed E-state index contributed by atoms with van der Waals surface area (Å²) >= 11 is 0. The van der Waals surface area contributed by atoms with E-state index in [1.807, 2.05) is 38.2 Å². The van der Waals surface area contributed by atoms with Gasteiger partial charge in [0.05, 0.1) is 0 Å². The van der Waals surface area contributed by atoms with Crippen LogP contribution in [0.4, 0.5) is 4.79 Å². The third-order valence-electron chi connectivity index (χ3n) is 5.64. The summed E-state index contributed by atoms with van der Waals surface area (Å²) in [6, 6.07) is 7.95. The van der Waals surface area contributed by atoms with Crippen LogP contribution in [0, 0.1) is 12.8 Å². The molecule has 1 fully saturated rings. The number of ether oxygens (including phenoxy) is 1. The summed E-state index contributed by atoms with van der Waals surface area (Å²) < 4.78 is 5.51. The number of rotatable bonds is 8. The average molecular weight is 361 g/mol. The van der Waals surface area contributed by atoms with Gasteiger partial charge in [-0.05, 0) is 90.1 Å². The lowest BCUT2D eigenvalue weighted by molar-refractivity contribution is 0.123. The Hall–Kier alpha value is -1.55. The van der Waals surface area contributed by atoms with E-state index in [0.29, 0.717) is 11.8 Å². The molecule has 0 bridgehead atoms. The Morgan fingerprint density at radius 1 is 1.08 bits per heavy atom. The monoisotopic (exact) mass is 360 g/mol. The standard InChI is InChI=1S/C22H36N2O2/c1-5-16-23(3)17-6-7-19-10-12-20(13-11-19)24(4)22(25)26-21-14-8-18(2)9-15-21/h8-9,14-15,19-20H,5-7,10-13,16-17H2,1-4H3. The summed E-state index contributed by atoms with van der Waals surface area (Å²) in [5, 5.41) is 0. The summed E-state index contributed by atoms with van der Waals surface area (Å²) in [7, 11) is 4.09. The van der Waals surface area contributed by atoms with Crippen molar-refractivity contribution in [3.63, 3.8) is 0 Å². The molecule has 0 saturated heterocycles. The Bertz CT molecular complexity index is 536. The first kappa shape index (κ1) is 20.8. The van der Waals surface area contributed by atoms with Crippen molar-refractivity contribution in [2.45, 2.75) is 64.8 Å². The molecule has 0 aliphatic heterocycles. The largest absolute Gasteiger partial charge is 0.415 e. The number of hydrogen-bond donors (Lipinski definition) is 0. The van der Waals surface area contributed by atoms with E-state index in [2.05, 4.69) is 18.9 Å². The lowest BCUT2D eigenvalue weighted by Gasteiger charge is -2.34. The summed E-state index contributed by atoms with van der Waals surface area (Å²) in [5.74, 6) is 1.44. The highest BCUT2D eigenvalue weighted by Gasteiger charge is 2.27. The van der Waals surface area contributed by atoms with Crippen LogP contribution in [0.3, 0.4) is 0 Å². The van der Waals surface area contributed by atoms with Crippen molar-refractivity contribution in [2.75, 3.05) is 27.2 Å².